The fourth-order valence-corrected chi connectivity index (χ4v) is 7.00. The molecule has 2 aliphatic heterocycles. The zero-order valence-corrected chi connectivity index (χ0v) is 21.7. The van der Waals surface area contributed by atoms with Gasteiger partial charge in [-0.05, 0) is 72.9 Å². The summed E-state index contributed by atoms with van der Waals surface area (Å²) in [6, 6.07) is 16.1. The Morgan fingerprint density at radius 3 is 2.48 bits per heavy atom. The number of nitrogens with zero attached hydrogens (tertiary/aromatic N) is 3. The van der Waals surface area contributed by atoms with Gasteiger partial charge in [-0.25, -0.2) is 0 Å². The van der Waals surface area contributed by atoms with Crippen LogP contribution in [0.3, 0.4) is 0 Å². The van der Waals surface area contributed by atoms with Gasteiger partial charge < -0.3 is 15.1 Å². The molecule has 2 fully saturated rings. The minimum atomic E-state index is -0.0873. The third-order valence-electron chi connectivity index (χ3n) is 6.40. The topological polar surface area (TPSA) is 31.4 Å². The Bertz CT molecular complexity index is 1140. The maximum Gasteiger partial charge on any atom is 0.174 e. The third kappa shape index (κ3) is 4.59. The number of hydrogen-bond donors (Lipinski definition) is 1. The number of piperidine rings is 1. The summed E-state index contributed by atoms with van der Waals surface area (Å²) in [7, 11) is 0. The molecule has 4 atom stereocenters. The van der Waals surface area contributed by atoms with E-state index in [0.717, 1.165) is 44.4 Å². The van der Waals surface area contributed by atoms with Crippen LogP contribution in [-0.2, 0) is 0 Å². The number of benzene rings is 1. The summed E-state index contributed by atoms with van der Waals surface area (Å²) in [4.78, 5) is 10.3. The Morgan fingerprint density at radius 1 is 1.06 bits per heavy atom. The fourth-order valence-electron chi connectivity index (χ4n) is 5.17. The highest BCUT2D eigenvalue weighted by Gasteiger charge is 2.41. The molecule has 0 unspecified atom stereocenters. The number of nitrogens with one attached hydrogen (secondary N) is 1. The molecular formula is C25H26Cl2N4S2. The van der Waals surface area contributed by atoms with Gasteiger partial charge in [-0.2, -0.15) is 0 Å². The maximum absolute atomic E-state index is 6.87. The quantitative estimate of drug-likeness (QED) is 0.373. The normalized spacial score (nSPS) is 25.4. The lowest BCUT2D eigenvalue weighted by atomic mass is 9.91. The number of anilines is 2. The lowest BCUT2D eigenvalue weighted by Gasteiger charge is -2.37. The van der Waals surface area contributed by atoms with Crippen LogP contribution in [0.15, 0.2) is 54.7 Å². The van der Waals surface area contributed by atoms with Crippen molar-refractivity contribution < 1.29 is 0 Å². The van der Waals surface area contributed by atoms with E-state index in [4.69, 9.17) is 35.4 Å². The highest BCUT2D eigenvalue weighted by atomic mass is 35.5. The Kier molecular flexibility index (Phi) is 6.54. The average molecular weight is 518 g/mol. The number of hydrogen-bond acceptors (Lipinski definition) is 4. The lowest BCUT2D eigenvalue weighted by molar-refractivity contribution is 0.357. The van der Waals surface area contributed by atoms with Gasteiger partial charge in [0.2, 0.25) is 0 Å². The molecule has 33 heavy (non-hydrogen) atoms. The first-order chi connectivity index (χ1) is 15.9. The van der Waals surface area contributed by atoms with Gasteiger partial charge in [0.15, 0.2) is 5.11 Å². The molecule has 8 heteroatoms. The molecule has 4 nitrogen and oxygen atoms in total. The van der Waals surface area contributed by atoms with Crippen LogP contribution >= 0.6 is 46.8 Å². The van der Waals surface area contributed by atoms with Crippen molar-refractivity contribution in [2.24, 2.45) is 11.8 Å². The Labute approximate surface area is 214 Å². The Hall–Kier alpha value is -1.86. The van der Waals surface area contributed by atoms with Crippen LogP contribution < -0.4 is 15.1 Å². The molecule has 0 amide bonds. The second-order valence-electron chi connectivity index (χ2n) is 9.13. The van der Waals surface area contributed by atoms with Crippen molar-refractivity contribution in [3.8, 4) is 0 Å². The summed E-state index contributed by atoms with van der Waals surface area (Å²) in [5, 5.41) is 4.90. The summed E-state index contributed by atoms with van der Waals surface area (Å²) in [5.41, 5.74) is 3.00. The molecule has 0 radical (unpaired) electrons. The minimum Gasteiger partial charge on any atom is -0.370 e. The van der Waals surface area contributed by atoms with E-state index in [9.17, 15) is 0 Å². The van der Waals surface area contributed by atoms with Crippen molar-refractivity contribution in [3.63, 3.8) is 0 Å². The summed E-state index contributed by atoms with van der Waals surface area (Å²) in [5.74, 6) is 1.32. The molecule has 0 saturated carbocycles. The highest BCUT2D eigenvalue weighted by Crippen LogP contribution is 2.45. The molecule has 2 aliphatic rings. The van der Waals surface area contributed by atoms with Gasteiger partial charge in [0.1, 0.15) is 0 Å². The molecule has 172 valence electrons. The van der Waals surface area contributed by atoms with Crippen LogP contribution in [0.5, 0.6) is 0 Å². The highest BCUT2D eigenvalue weighted by molar-refractivity contribution is 7.80. The van der Waals surface area contributed by atoms with Crippen molar-refractivity contribution in [2.45, 2.75) is 32.4 Å². The van der Waals surface area contributed by atoms with Crippen molar-refractivity contribution in [1.82, 2.24) is 10.3 Å². The van der Waals surface area contributed by atoms with E-state index in [1.165, 1.54) is 6.42 Å². The molecule has 0 spiro atoms. The molecule has 2 saturated heterocycles. The van der Waals surface area contributed by atoms with E-state index in [-0.39, 0.29) is 12.1 Å². The molecule has 4 heterocycles. The van der Waals surface area contributed by atoms with Gasteiger partial charge in [-0.1, -0.05) is 43.1 Å². The fraction of sp³-hybridized carbons (Fsp3) is 0.360. The Balaban J connectivity index is 1.51. The van der Waals surface area contributed by atoms with Gasteiger partial charge in [-0.15, -0.1) is 11.3 Å². The molecule has 1 N–H and O–H groups in total. The van der Waals surface area contributed by atoms with Crippen molar-refractivity contribution in [2.75, 3.05) is 22.9 Å². The number of aromatic nitrogens is 1. The van der Waals surface area contributed by atoms with Crippen molar-refractivity contribution in [1.29, 1.82) is 0 Å². The summed E-state index contributed by atoms with van der Waals surface area (Å²) in [6.45, 7) is 6.69. The monoisotopic (exact) mass is 516 g/mol. The van der Waals surface area contributed by atoms with Crippen LogP contribution in [0, 0.1) is 11.8 Å². The second kappa shape index (κ2) is 9.41. The van der Waals surface area contributed by atoms with Crippen LogP contribution in [0.2, 0.25) is 9.36 Å². The predicted molar refractivity (Wildman–Crippen MR) is 144 cm³/mol. The average Bonchev–Trinajstić information content (AvgIpc) is 3.36. The molecule has 5 rings (SSSR count). The van der Waals surface area contributed by atoms with E-state index >= 15 is 0 Å². The van der Waals surface area contributed by atoms with Crippen LogP contribution in [0.25, 0.3) is 0 Å². The van der Waals surface area contributed by atoms with Crippen molar-refractivity contribution in [3.05, 3.63) is 74.7 Å². The Morgan fingerprint density at radius 2 is 1.85 bits per heavy atom. The first-order valence-corrected chi connectivity index (χ1v) is 13.2. The van der Waals surface area contributed by atoms with E-state index in [1.54, 1.807) is 11.3 Å². The summed E-state index contributed by atoms with van der Waals surface area (Å²) in [6.07, 6.45) is 3.08. The molecular weight excluding hydrogens is 491 g/mol. The summed E-state index contributed by atoms with van der Waals surface area (Å²) < 4.78 is 0.754. The first-order valence-electron chi connectivity index (χ1n) is 11.2. The number of halogens is 2. The van der Waals surface area contributed by atoms with Gasteiger partial charge in [0, 0.05) is 29.9 Å². The molecule has 3 aromatic rings. The number of thiophene rings is 1. The number of thiocarbonyl (C=S) groups is 1. The predicted octanol–water partition coefficient (Wildman–Crippen LogP) is 7.11. The molecule has 1 aromatic carbocycles. The maximum atomic E-state index is 6.87. The van der Waals surface area contributed by atoms with E-state index in [0.29, 0.717) is 16.9 Å². The lowest BCUT2D eigenvalue weighted by Crippen LogP contribution is -2.38. The molecule has 0 bridgehead atoms. The van der Waals surface area contributed by atoms with E-state index < -0.39 is 0 Å². The SMILES string of the molecule is C[C@@H]1C[C@H](C)CN(c2ccc(N3C(=S)N[C@@H](c4ccccn4)[C@H]3c3ccc(Cl)s3)cc2Cl)C1. The van der Waals surface area contributed by atoms with Gasteiger partial charge >= 0.3 is 0 Å². The van der Waals surface area contributed by atoms with Crippen LogP contribution in [0.1, 0.15) is 42.9 Å². The van der Waals surface area contributed by atoms with E-state index in [2.05, 4.69) is 52.1 Å². The van der Waals surface area contributed by atoms with Gasteiger partial charge in [-0.3, -0.25) is 4.98 Å². The standard InChI is InChI=1S/C25H26Cl2N4S2/c1-15-11-16(2)14-30(13-15)20-7-6-17(12-18(20)26)31-24(21-8-9-22(27)33-21)23(29-25(31)32)19-5-3-4-10-28-19/h3-10,12,15-16,23-24H,11,13-14H2,1-2H3,(H,29,32)/t15-,16+,23-,24+/m0/s1. The number of pyridine rings is 1. The minimum absolute atomic E-state index is 0.0677. The molecule has 0 aliphatic carbocycles. The van der Waals surface area contributed by atoms with Crippen LogP contribution in [0.4, 0.5) is 11.4 Å². The smallest absolute Gasteiger partial charge is 0.174 e. The van der Waals surface area contributed by atoms with Crippen LogP contribution in [-0.4, -0.2) is 23.2 Å². The summed E-state index contributed by atoms with van der Waals surface area (Å²) >= 11 is 20.6. The largest absolute Gasteiger partial charge is 0.370 e. The van der Waals surface area contributed by atoms with Crippen molar-refractivity contribution >= 4 is 63.2 Å². The number of rotatable bonds is 4. The van der Waals surface area contributed by atoms with E-state index in [1.807, 2.05) is 36.5 Å². The molecule has 2 aromatic heterocycles. The van der Waals surface area contributed by atoms with Gasteiger partial charge in [0.05, 0.1) is 32.8 Å². The zero-order valence-electron chi connectivity index (χ0n) is 18.5. The zero-order chi connectivity index (χ0) is 23.1. The first kappa shape index (κ1) is 22.9. The van der Waals surface area contributed by atoms with Gasteiger partial charge in [0.25, 0.3) is 0 Å². The second-order valence-corrected chi connectivity index (χ2v) is 11.7. The third-order valence-corrected chi connectivity index (χ3v) is 8.32.